The van der Waals surface area contributed by atoms with Crippen LogP contribution in [0.4, 0.5) is 0 Å². The fraction of sp³-hybridized carbons (Fsp3) is 0.269. The van der Waals surface area contributed by atoms with E-state index in [1.54, 1.807) is 45.6 Å². The number of amides is 1. The minimum absolute atomic E-state index is 0.112. The molecule has 0 bridgehead atoms. The van der Waals surface area contributed by atoms with Crippen LogP contribution in [0.15, 0.2) is 66.7 Å². The molecule has 7 heteroatoms. The molecule has 1 atom stereocenters. The van der Waals surface area contributed by atoms with Crippen LogP contribution in [0.25, 0.3) is 0 Å². The first-order valence-corrected chi connectivity index (χ1v) is 10.5. The van der Waals surface area contributed by atoms with E-state index in [2.05, 4.69) is 5.32 Å². The van der Waals surface area contributed by atoms with E-state index in [9.17, 15) is 4.79 Å². The zero-order chi connectivity index (χ0) is 23.6. The molecule has 0 aliphatic rings. The van der Waals surface area contributed by atoms with E-state index in [1.165, 1.54) is 0 Å². The van der Waals surface area contributed by atoms with E-state index in [0.717, 1.165) is 16.9 Å². The standard InChI is InChI=1S/C26H29NO6/c1-18(20-14-23(29-2)26(31-4)24(15-20)30-3)27-25(28)17-33-22-12-10-21(11-13-22)32-16-19-8-6-5-7-9-19/h5-15,18H,16-17H2,1-4H3,(H,27,28). The van der Waals surface area contributed by atoms with Crippen molar-refractivity contribution in [3.05, 3.63) is 77.9 Å². The van der Waals surface area contributed by atoms with Crippen molar-refractivity contribution in [1.82, 2.24) is 5.32 Å². The normalized spacial score (nSPS) is 11.3. The van der Waals surface area contributed by atoms with Crippen molar-refractivity contribution in [3.63, 3.8) is 0 Å². The summed E-state index contributed by atoms with van der Waals surface area (Å²) in [5.41, 5.74) is 1.91. The largest absolute Gasteiger partial charge is 0.493 e. The highest BCUT2D eigenvalue weighted by Crippen LogP contribution is 2.39. The van der Waals surface area contributed by atoms with Gasteiger partial charge in [-0.05, 0) is 54.4 Å². The number of hydrogen-bond acceptors (Lipinski definition) is 6. The number of nitrogens with one attached hydrogen (secondary N) is 1. The summed E-state index contributed by atoms with van der Waals surface area (Å²) in [4.78, 5) is 12.4. The Kier molecular flexibility index (Phi) is 8.41. The maximum absolute atomic E-state index is 12.4. The minimum atomic E-state index is -0.288. The maximum atomic E-state index is 12.4. The van der Waals surface area contributed by atoms with Crippen molar-refractivity contribution in [1.29, 1.82) is 0 Å². The van der Waals surface area contributed by atoms with Gasteiger partial charge < -0.3 is 29.0 Å². The lowest BCUT2D eigenvalue weighted by atomic mass is 10.1. The summed E-state index contributed by atoms with van der Waals surface area (Å²) < 4.78 is 27.5. The second-order valence-corrected chi connectivity index (χ2v) is 7.28. The summed E-state index contributed by atoms with van der Waals surface area (Å²) in [6.07, 6.45) is 0. The highest BCUT2D eigenvalue weighted by atomic mass is 16.5. The monoisotopic (exact) mass is 451 g/mol. The van der Waals surface area contributed by atoms with Gasteiger partial charge in [-0.15, -0.1) is 0 Å². The lowest BCUT2D eigenvalue weighted by Gasteiger charge is -2.19. The van der Waals surface area contributed by atoms with Crippen molar-refractivity contribution in [2.75, 3.05) is 27.9 Å². The van der Waals surface area contributed by atoms with Crippen LogP contribution in [0.5, 0.6) is 28.7 Å². The molecule has 33 heavy (non-hydrogen) atoms. The smallest absolute Gasteiger partial charge is 0.258 e. The molecule has 1 unspecified atom stereocenters. The molecule has 174 valence electrons. The van der Waals surface area contributed by atoms with Gasteiger partial charge in [0.05, 0.1) is 27.4 Å². The van der Waals surface area contributed by atoms with Gasteiger partial charge in [-0.25, -0.2) is 0 Å². The van der Waals surface area contributed by atoms with Gasteiger partial charge in [-0.3, -0.25) is 4.79 Å². The summed E-state index contributed by atoms with van der Waals surface area (Å²) in [7, 11) is 4.65. The molecule has 1 amide bonds. The zero-order valence-corrected chi connectivity index (χ0v) is 19.3. The second kappa shape index (κ2) is 11.7. The Morgan fingerprint density at radius 2 is 1.39 bits per heavy atom. The van der Waals surface area contributed by atoms with Crippen molar-refractivity contribution >= 4 is 5.91 Å². The first-order chi connectivity index (χ1) is 16.0. The molecule has 0 saturated heterocycles. The molecular weight excluding hydrogens is 422 g/mol. The number of benzene rings is 3. The Balaban J connectivity index is 1.51. The van der Waals surface area contributed by atoms with E-state index in [0.29, 0.717) is 29.6 Å². The summed E-state index contributed by atoms with van der Waals surface area (Å²) in [6.45, 7) is 2.25. The molecule has 0 spiro atoms. The number of carbonyl (C=O) groups excluding carboxylic acids is 1. The number of methoxy groups -OCH3 is 3. The van der Waals surface area contributed by atoms with Gasteiger partial charge in [-0.2, -0.15) is 0 Å². The van der Waals surface area contributed by atoms with Gasteiger partial charge >= 0.3 is 0 Å². The second-order valence-electron chi connectivity index (χ2n) is 7.28. The van der Waals surface area contributed by atoms with Crippen molar-refractivity contribution < 1.29 is 28.5 Å². The fourth-order valence-electron chi connectivity index (χ4n) is 3.24. The van der Waals surface area contributed by atoms with Gasteiger partial charge in [0.2, 0.25) is 5.75 Å². The molecule has 0 aliphatic heterocycles. The van der Waals surface area contributed by atoms with E-state index in [4.69, 9.17) is 23.7 Å². The molecule has 3 aromatic rings. The SMILES string of the molecule is COc1cc(C(C)NC(=O)COc2ccc(OCc3ccccc3)cc2)cc(OC)c1OC. The summed E-state index contributed by atoms with van der Waals surface area (Å²) in [5, 5.41) is 2.92. The number of carbonyl (C=O) groups is 1. The molecular formula is C26H29NO6. The predicted octanol–water partition coefficient (Wildman–Crippen LogP) is 4.55. The average molecular weight is 452 g/mol. The Hall–Kier alpha value is -3.87. The van der Waals surface area contributed by atoms with Gasteiger partial charge in [0, 0.05) is 0 Å². The van der Waals surface area contributed by atoms with Crippen molar-refractivity contribution in [2.45, 2.75) is 19.6 Å². The molecule has 0 heterocycles. The molecule has 0 saturated carbocycles. The molecule has 3 aromatic carbocycles. The van der Waals surface area contributed by atoms with Crippen LogP contribution in [0.1, 0.15) is 24.1 Å². The lowest BCUT2D eigenvalue weighted by molar-refractivity contribution is -0.123. The molecule has 7 nitrogen and oxygen atoms in total. The van der Waals surface area contributed by atoms with Crippen LogP contribution in [0.2, 0.25) is 0 Å². The highest BCUT2D eigenvalue weighted by Gasteiger charge is 2.17. The van der Waals surface area contributed by atoms with Gasteiger partial charge in [0.1, 0.15) is 18.1 Å². The van der Waals surface area contributed by atoms with Gasteiger partial charge in [-0.1, -0.05) is 30.3 Å². The Bertz CT molecular complexity index is 1010. The van der Waals surface area contributed by atoms with Crippen LogP contribution in [0, 0.1) is 0 Å². The Labute approximate surface area is 194 Å². The highest BCUT2D eigenvalue weighted by molar-refractivity contribution is 5.78. The first-order valence-electron chi connectivity index (χ1n) is 10.5. The maximum Gasteiger partial charge on any atom is 0.258 e. The predicted molar refractivity (Wildman–Crippen MR) is 125 cm³/mol. The third-order valence-corrected chi connectivity index (χ3v) is 5.01. The molecule has 0 aliphatic carbocycles. The first kappa shape index (κ1) is 23.8. The number of ether oxygens (including phenoxy) is 5. The molecule has 0 fully saturated rings. The quantitative estimate of drug-likeness (QED) is 0.461. The van der Waals surface area contributed by atoms with Crippen LogP contribution in [-0.2, 0) is 11.4 Å². The van der Waals surface area contributed by atoms with E-state index >= 15 is 0 Å². The average Bonchev–Trinajstić information content (AvgIpc) is 2.86. The summed E-state index contributed by atoms with van der Waals surface area (Å²) in [6, 6.07) is 20.4. The van der Waals surface area contributed by atoms with Crippen LogP contribution in [-0.4, -0.2) is 33.8 Å². The third-order valence-electron chi connectivity index (χ3n) is 5.01. The molecule has 0 aromatic heterocycles. The Morgan fingerprint density at radius 1 is 0.818 bits per heavy atom. The fourth-order valence-corrected chi connectivity index (χ4v) is 3.24. The van der Waals surface area contributed by atoms with E-state index < -0.39 is 0 Å². The van der Waals surface area contributed by atoms with Crippen LogP contribution >= 0.6 is 0 Å². The van der Waals surface area contributed by atoms with E-state index in [1.807, 2.05) is 49.4 Å². The van der Waals surface area contributed by atoms with E-state index in [-0.39, 0.29) is 18.6 Å². The number of hydrogen-bond donors (Lipinski definition) is 1. The van der Waals surface area contributed by atoms with Crippen molar-refractivity contribution in [2.24, 2.45) is 0 Å². The molecule has 1 N–H and O–H groups in total. The van der Waals surface area contributed by atoms with Gasteiger partial charge in [0.25, 0.3) is 5.91 Å². The number of rotatable bonds is 11. The molecule has 3 rings (SSSR count). The van der Waals surface area contributed by atoms with Gasteiger partial charge in [0.15, 0.2) is 18.1 Å². The third kappa shape index (κ3) is 6.55. The zero-order valence-electron chi connectivity index (χ0n) is 19.3. The minimum Gasteiger partial charge on any atom is -0.493 e. The lowest BCUT2D eigenvalue weighted by Crippen LogP contribution is -2.31. The summed E-state index contributed by atoms with van der Waals surface area (Å²) >= 11 is 0. The molecule has 0 radical (unpaired) electrons. The van der Waals surface area contributed by atoms with Crippen LogP contribution < -0.4 is 29.0 Å². The van der Waals surface area contributed by atoms with Crippen molar-refractivity contribution in [3.8, 4) is 28.7 Å². The van der Waals surface area contributed by atoms with Crippen LogP contribution in [0.3, 0.4) is 0 Å². The summed E-state index contributed by atoms with van der Waals surface area (Å²) in [5.74, 6) is 2.62. The topological polar surface area (TPSA) is 75.3 Å². The Morgan fingerprint density at radius 3 is 1.94 bits per heavy atom.